The summed E-state index contributed by atoms with van der Waals surface area (Å²) in [6, 6.07) is 7.58. The number of hydrogen-bond acceptors (Lipinski definition) is 5. The predicted molar refractivity (Wildman–Crippen MR) is 104 cm³/mol. The first kappa shape index (κ1) is 18.9. The fourth-order valence-corrected chi connectivity index (χ4v) is 6.77. The van der Waals surface area contributed by atoms with Crippen molar-refractivity contribution in [2.24, 2.45) is 17.8 Å². The van der Waals surface area contributed by atoms with Gasteiger partial charge in [0.15, 0.2) is 0 Å². The molecule has 0 saturated heterocycles. The van der Waals surface area contributed by atoms with Crippen LogP contribution < -0.4 is 0 Å². The van der Waals surface area contributed by atoms with Crippen LogP contribution in [0.15, 0.2) is 24.3 Å². The van der Waals surface area contributed by atoms with Gasteiger partial charge < -0.3 is 14.9 Å². The quantitative estimate of drug-likeness (QED) is 0.448. The van der Waals surface area contributed by atoms with Crippen molar-refractivity contribution in [3.8, 4) is 5.75 Å². The van der Waals surface area contributed by atoms with Gasteiger partial charge in [0.25, 0.3) is 0 Å². The zero-order valence-electron chi connectivity index (χ0n) is 16.7. The number of ether oxygens (including phenoxy) is 1. The highest BCUT2D eigenvalue weighted by Gasteiger charge is 2.64. The summed E-state index contributed by atoms with van der Waals surface area (Å²) in [5, 5.41) is 20.3. The highest BCUT2D eigenvalue weighted by atomic mass is 17.2. The number of hydrogen-bond donors (Lipinski definition) is 2. The monoisotopic (exact) mass is 388 g/mol. The van der Waals surface area contributed by atoms with Crippen LogP contribution in [0.4, 0.5) is 0 Å². The first-order valence-corrected chi connectivity index (χ1v) is 10.9. The van der Waals surface area contributed by atoms with Crippen LogP contribution >= 0.6 is 0 Å². The Hall–Kier alpha value is -1.14. The second-order valence-electron chi connectivity index (χ2n) is 9.74. The molecule has 0 aromatic heterocycles. The maximum Gasteiger partial charge on any atom is 0.207 e. The molecule has 5 heteroatoms. The fourth-order valence-electron chi connectivity index (χ4n) is 6.77. The van der Waals surface area contributed by atoms with Crippen molar-refractivity contribution in [1.29, 1.82) is 0 Å². The summed E-state index contributed by atoms with van der Waals surface area (Å²) in [7, 11) is 1.73. The summed E-state index contributed by atoms with van der Waals surface area (Å²) < 4.78 is 5.97. The van der Waals surface area contributed by atoms with E-state index in [9.17, 15) is 10.2 Å². The molecule has 2 atom stereocenters. The van der Waals surface area contributed by atoms with Crippen molar-refractivity contribution >= 4 is 0 Å². The van der Waals surface area contributed by atoms with Gasteiger partial charge in [-0.1, -0.05) is 12.1 Å². The van der Waals surface area contributed by atoms with Gasteiger partial charge in [-0.25, -0.2) is 9.78 Å². The van der Waals surface area contributed by atoms with E-state index in [1.165, 1.54) is 5.56 Å². The van der Waals surface area contributed by atoms with Crippen LogP contribution in [0.3, 0.4) is 0 Å². The zero-order chi connectivity index (χ0) is 19.4. The average Bonchev–Trinajstić information content (AvgIpc) is 2.68. The molecule has 0 radical (unpaired) electrons. The van der Waals surface area contributed by atoms with Gasteiger partial charge in [0, 0.05) is 18.9 Å². The SMILES string of the molecule is CO[C@]1(OO[C@H]2CC[C@@H](c3ccc(O)cc3)CC2)C2CC3CC1C[C@](O)(C3)C2. The minimum Gasteiger partial charge on any atom is -0.508 e. The number of aromatic hydroxyl groups is 1. The number of phenols is 1. The molecule has 2 N–H and O–H groups in total. The molecule has 5 aliphatic rings. The summed E-state index contributed by atoms with van der Waals surface area (Å²) in [5.41, 5.74) is 0.782. The van der Waals surface area contributed by atoms with E-state index >= 15 is 0 Å². The van der Waals surface area contributed by atoms with Crippen LogP contribution in [0.2, 0.25) is 0 Å². The van der Waals surface area contributed by atoms with Crippen LogP contribution in [-0.4, -0.2) is 34.8 Å². The molecule has 5 saturated carbocycles. The van der Waals surface area contributed by atoms with E-state index in [1.54, 1.807) is 19.2 Å². The maximum atomic E-state index is 10.8. The van der Waals surface area contributed by atoms with Gasteiger partial charge in [0.05, 0.1) is 11.7 Å². The van der Waals surface area contributed by atoms with Gasteiger partial charge in [0.1, 0.15) is 5.75 Å². The van der Waals surface area contributed by atoms with Gasteiger partial charge in [-0.2, -0.15) is 0 Å². The van der Waals surface area contributed by atoms with E-state index in [1.807, 2.05) is 12.1 Å². The highest BCUT2D eigenvalue weighted by Crippen LogP contribution is 2.61. The molecule has 5 aliphatic carbocycles. The molecule has 5 fully saturated rings. The second kappa shape index (κ2) is 6.98. The van der Waals surface area contributed by atoms with Crippen molar-refractivity contribution in [3.05, 3.63) is 29.8 Å². The molecule has 0 aliphatic heterocycles. The lowest BCUT2D eigenvalue weighted by atomic mass is 9.51. The molecule has 2 unspecified atom stereocenters. The molecule has 0 amide bonds. The Balaban J connectivity index is 1.19. The highest BCUT2D eigenvalue weighted by molar-refractivity contribution is 5.28. The second-order valence-corrected chi connectivity index (χ2v) is 9.74. The number of benzene rings is 1. The zero-order valence-corrected chi connectivity index (χ0v) is 16.7. The average molecular weight is 389 g/mol. The van der Waals surface area contributed by atoms with Crippen molar-refractivity contribution in [3.63, 3.8) is 0 Å². The van der Waals surface area contributed by atoms with E-state index in [-0.39, 0.29) is 17.9 Å². The molecular formula is C23H32O5. The number of rotatable bonds is 5. The van der Waals surface area contributed by atoms with E-state index < -0.39 is 11.4 Å². The Bertz CT molecular complexity index is 677. The third-order valence-electron chi connectivity index (χ3n) is 7.97. The van der Waals surface area contributed by atoms with Crippen molar-refractivity contribution in [2.75, 3.05) is 7.11 Å². The Morgan fingerprint density at radius 1 is 0.929 bits per heavy atom. The van der Waals surface area contributed by atoms with Crippen molar-refractivity contribution in [2.45, 2.75) is 81.2 Å². The summed E-state index contributed by atoms with van der Waals surface area (Å²) in [5.74, 6) is 1.21. The van der Waals surface area contributed by atoms with Crippen LogP contribution in [0.1, 0.15) is 69.3 Å². The first-order chi connectivity index (χ1) is 13.5. The van der Waals surface area contributed by atoms with Gasteiger partial charge in [-0.15, -0.1) is 0 Å². The molecular weight excluding hydrogens is 356 g/mol. The van der Waals surface area contributed by atoms with Crippen LogP contribution in [0.5, 0.6) is 5.75 Å². The number of aliphatic hydroxyl groups is 1. The third-order valence-corrected chi connectivity index (χ3v) is 7.97. The Morgan fingerprint density at radius 2 is 1.57 bits per heavy atom. The van der Waals surface area contributed by atoms with Crippen molar-refractivity contribution < 1.29 is 24.7 Å². The summed E-state index contributed by atoms with van der Waals surface area (Å²) >= 11 is 0. The molecule has 0 heterocycles. The minimum atomic E-state index is -0.684. The molecule has 1 aromatic carbocycles. The van der Waals surface area contributed by atoms with Crippen LogP contribution in [-0.2, 0) is 14.5 Å². The van der Waals surface area contributed by atoms with Crippen LogP contribution in [0.25, 0.3) is 0 Å². The van der Waals surface area contributed by atoms with Gasteiger partial charge in [0.2, 0.25) is 5.79 Å². The minimum absolute atomic E-state index is 0.0978. The smallest absolute Gasteiger partial charge is 0.207 e. The molecule has 28 heavy (non-hydrogen) atoms. The third kappa shape index (κ3) is 3.17. The molecule has 0 spiro atoms. The predicted octanol–water partition coefficient (Wildman–Crippen LogP) is 4.28. The van der Waals surface area contributed by atoms with Crippen LogP contribution in [0, 0.1) is 17.8 Å². The van der Waals surface area contributed by atoms with Gasteiger partial charge >= 0.3 is 0 Å². The largest absolute Gasteiger partial charge is 0.508 e. The molecule has 6 rings (SSSR count). The van der Waals surface area contributed by atoms with E-state index in [0.717, 1.165) is 57.8 Å². The lowest BCUT2D eigenvalue weighted by Gasteiger charge is -2.61. The Kier molecular flexibility index (Phi) is 4.70. The molecule has 1 aromatic rings. The number of phenolic OH excluding ortho intramolecular Hbond substituents is 1. The Morgan fingerprint density at radius 3 is 2.14 bits per heavy atom. The summed E-state index contributed by atoms with van der Waals surface area (Å²) in [6.45, 7) is 0. The normalized spacial score (nSPS) is 44.7. The fraction of sp³-hybridized carbons (Fsp3) is 0.739. The lowest BCUT2D eigenvalue weighted by Crippen LogP contribution is -2.65. The maximum absolute atomic E-state index is 10.8. The van der Waals surface area contributed by atoms with Crippen molar-refractivity contribution in [1.82, 2.24) is 0 Å². The summed E-state index contributed by atoms with van der Waals surface area (Å²) in [6.07, 6.45) is 8.78. The summed E-state index contributed by atoms with van der Waals surface area (Å²) in [4.78, 5) is 12.1. The molecule has 154 valence electrons. The Labute approximate surface area is 166 Å². The molecule has 5 nitrogen and oxygen atoms in total. The van der Waals surface area contributed by atoms with Gasteiger partial charge in [-0.3, -0.25) is 0 Å². The first-order valence-electron chi connectivity index (χ1n) is 10.9. The number of methoxy groups -OCH3 is 1. The lowest BCUT2D eigenvalue weighted by molar-refractivity contribution is -0.490. The van der Waals surface area contributed by atoms with E-state index in [2.05, 4.69) is 0 Å². The molecule has 4 bridgehead atoms. The van der Waals surface area contributed by atoms with E-state index in [4.69, 9.17) is 14.5 Å². The topological polar surface area (TPSA) is 68.2 Å². The van der Waals surface area contributed by atoms with Gasteiger partial charge in [-0.05, 0) is 87.3 Å². The standard InChI is InChI=1S/C23H32O5/c1-26-23(18-10-15-11-19(23)14-22(25,12-15)13-18)28-27-21-8-4-17(5-9-21)16-2-6-20(24)7-3-16/h2-3,6-7,15,17-19,21,24-25H,4-5,8-14H2,1H3/t15?,17-,18?,19?,21+,22-,23-. The van der Waals surface area contributed by atoms with E-state index in [0.29, 0.717) is 17.6 Å².